The molecule has 0 radical (unpaired) electrons. The van der Waals surface area contributed by atoms with Crippen LogP contribution in [-0.2, 0) is 9.53 Å². The lowest BCUT2D eigenvalue weighted by atomic mass is 9.99. The summed E-state index contributed by atoms with van der Waals surface area (Å²) in [6.45, 7) is 3.79. The molecule has 1 aromatic heterocycles. The molecule has 0 fully saturated rings. The highest BCUT2D eigenvalue weighted by atomic mass is 35.5. The zero-order valence-electron chi connectivity index (χ0n) is 10.5. The maximum atomic E-state index is 11.9. The Morgan fingerprint density at radius 1 is 1.56 bits per heavy atom. The number of nitrogens with one attached hydrogen (secondary N) is 1. The maximum absolute atomic E-state index is 11.9. The van der Waals surface area contributed by atoms with E-state index < -0.39 is 17.9 Å². The standard InChI is InChI=1S/C12H16ClNO4/c1-4-7(2)9(12(16)17-3)14-11(15)8-5-6-18-10(8)13/h5-7,9H,4H2,1-3H3,(H,14,15). The number of ether oxygens (including phenoxy) is 1. The van der Waals surface area contributed by atoms with Gasteiger partial charge in [-0.25, -0.2) is 4.79 Å². The van der Waals surface area contributed by atoms with Gasteiger partial charge in [-0.05, 0) is 23.6 Å². The average molecular weight is 274 g/mol. The first-order valence-corrected chi connectivity index (χ1v) is 6.00. The first-order valence-electron chi connectivity index (χ1n) is 5.62. The largest absolute Gasteiger partial charge is 0.467 e. The molecule has 5 nitrogen and oxygen atoms in total. The lowest BCUT2D eigenvalue weighted by Crippen LogP contribution is -2.45. The van der Waals surface area contributed by atoms with Crippen molar-refractivity contribution in [1.82, 2.24) is 5.32 Å². The molecule has 1 heterocycles. The second-order valence-corrected chi connectivity index (χ2v) is 4.31. The van der Waals surface area contributed by atoms with Crippen molar-refractivity contribution in [3.63, 3.8) is 0 Å². The second kappa shape index (κ2) is 6.44. The zero-order chi connectivity index (χ0) is 13.7. The van der Waals surface area contributed by atoms with Crippen LogP contribution in [0.15, 0.2) is 16.7 Å². The van der Waals surface area contributed by atoms with Crippen molar-refractivity contribution in [1.29, 1.82) is 0 Å². The van der Waals surface area contributed by atoms with Crippen LogP contribution in [0.1, 0.15) is 30.6 Å². The SMILES string of the molecule is CCC(C)C(NC(=O)c1ccoc1Cl)C(=O)OC. The number of furan rings is 1. The molecule has 1 rings (SSSR count). The normalized spacial score (nSPS) is 13.8. The number of methoxy groups -OCH3 is 1. The molecule has 2 unspecified atom stereocenters. The molecule has 0 aromatic carbocycles. The molecular weight excluding hydrogens is 258 g/mol. The Labute approximate surface area is 110 Å². The molecule has 2 atom stereocenters. The Morgan fingerprint density at radius 2 is 2.22 bits per heavy atom. The molecule has 100 valence electrons. The third-order valence-electron chi connectivity index (χ3n) is 2.82. The van der Waals surface area contributed by atoms with Crippen LogP contribution in [0.25, 0.3) is 0 Å². The molecule has 0 bridgehead atoms. The van der Waals surface area contributed by atoms with Crippen LogP contribution in [0.4, 0.5) is 0 Å². The lowest BCUT2D eigenvalue weighted by molar-refractivity contribution is -0.144. The number of hydrogen-bond acceptors (Lipinski definition) is 4. The lowest BCUT2D eigenvalue weighted by Gasteiger charge is -2.21. The van der Waals surface area contributed by atoms with E-state index in [-0.39, 0.29) is 16.7 Å². The second-order valence-electron chi connectivity index (χ2n) is 3.97. The highest BCUT2D eigenvalue weighted by Crippen LogP contribution is 2.17. The van der Waals surface area contributed by atoms with Crippen LogP contribution in [-0.4, -0.2) is 25.0 Å². The van der Waals surface area contributed by atoms with Gasteiger partial charge in [-0.3, -0.25) is 4.79 Å². The van der Waals surface area contributed by atoms with E-state index in [9.17, 15) is 9.59 Å². The fourth-order valence-electron chi connectivity index (χ4n) is 1.47. The van der Waals surface area contributed by atoms with Crippen molar-refractivity contribution in [3.8, 4) is 0 Å². The molecule has 0 saturated heterocycles. The number of halogens is 1. The minimum Gasteiger partial charge on any atom is -0.467 e. The van der Waals surface area contributed by atoms with Crippen LogP contribution in [0, 0.1) is 5.92 Å². The summed E-state index contributed by atoms with van der Waals surface area (Å²) < 4.78 is 9.50. The van der Waals surface area contributed by atoms with E-state index in [2.05, 4.69) is 10.1 Å². The van der Waals surface area contributed by atoms with Crippen LogP contribution in [0.5, 0.6) is 0 Å². The molecule has 0 aliphatic carbocycles. The molecule has 0 spiro atoms. The summed E-state index contributed by atoms with van der Waals surface area (Å²) in [6.07, 6.45) is 2.05. The Balaban J connectivity index is 2.81. The van der Waals surface area contributed by atoms with Crippen LogP contribution in [0.2, 0.25) is 5.22 Å². The van der Waals surface area contributed by atoms with Crippen molar-refractivity contribution in [2.45, 2.75) is 26.3 Å². The topological polar surface area (TPSA) is 68.5 Å². The summed E-state index contributed by atoms with van der Waals surface area (Å²) in [6, 6.07) is 0.751. The molecule has 1 amide bonds. The monoisotopic (exact) mass is 273 g/mol. The van der Waals surface area contributed by atoms with E-state index in [1.807, 2.05) is 13.8 Å². The smallest absolute Gasteiger partial charge is 0.328 e. The van der Waals surface area contributed by atoms with Gasteiger partial charge >= 0.3 is 5.97 Å². The minimum atomic E-state index is -0.696. The molecule has 0 saturated carbocycles. The van der Waals surface area contributed by atoms with Crippen molar-refractivity contribution < 1.29 is 18.7 Å². The summed E-state index contributed by atoms with van der Waals surface area (Å²) in [5.74, 6) is -0.964. The first-order chi connectivity index (χ1) is 8.51. The van der Waals surface area contributed by atoms with Gasteiger partial charge in [0.2, 0.25) is 5.22 Å². The molecule has 0 aliphatic heterocycles. The zero-order valence-corrected chi connectivity index (χ0v) is 11.3. The van der Waals surface area contributed by atoms with Gasteiger partial charge in [-0.1, -0.05) is 20.3 Å². The Morgan fingerprint density at radius 3 is 2.67 bits per heavy atom. The number of amides is 1. The van der Waals surface area contributed by atoms with Gasteiger partial charge in [0.25, 0.3) is 5.91 Å². The van der Waals surface area contributed by atoms with Gasteiger partial charge in [-0.15, -0.1) is 0 Å². The minimum absolute atomic E-state index is 0.000248. The highest BCUT2D eigenvalue weighted by molar-refractivity contribution is 6.32. The predicted octanol–water partition coefficient (Wildman–Crippen LogP) is 2.25. The number of carbonyl (C=O) groups is 2. The van der Waals surface area contributed by atoms with Crippen molar-refractivity contribution >= 4 is 23.5 Å². The fourth-order valence-corrected chi connectivity index (χ4v) is 1.67. The summed E-state index contributed by atoms with van der Waals surface area (Å²) in [7, 11) is 1.29. The van der Waals surface area contributed by atoms with Crippen molar-refractivity contribution in [3.05, 3.63) is 23.1 Å². The van der Waals surface area contributed by atoms with Gasteiger partial charge in [0, 0.05) is 0 Å². The predicted molar refractivity (Wildman–Crippen MR) is 66.4 cm³/mol. The Bertz CT molecular complexity index is 429. The van der Waals surface area contributed by atoms with Gasteiger partial charge in [0.15, 0.2) is 0 Å². The van der Waals surface area contributed by atoms with Gasteiger partial charge in [0.1, 0.15) is 6.04 Å². The molecule has 18 heavy (non-hydrogen) atoms. The summed E-state index contributed by atoms with van der Waals surface area (Å²) in [5.41, 5.74) is 0.203. The van der Waals surface area contributed by atoms with Crippen molar-refractivity contribution in [2.75, 3.05) is 7.11 Å². The van der Waals surface area contributed by atoms with E-state index in [1.165, 1.54) is 19.4 Å². The number of hydrogen-bond donors (Lipinski definition) is 1. The Hall–Kier alpha value is -1.49. The highest BCUT2D eigenvalue weighted by Gasteiger charge is 2.28. The quantitative estimate of drug-likeness (QED) is 0.836. The summed E-state index contributed by atoms with van der Waals surface area (Å²) >= 11 is 5.70. The third kappa shape index (κ3) is 3.26. The molecular formula is C12H16ClNO4. The van der Waals surface area contributed by atoms with E-state index in [0.29, 0.717) is 0 Å². The third-order valence-corrected chi connectivity index (χ3v) is 3.11. The number of carbonyl (C=O) groups excluding carboxylic acids is 2. The number of esters is 1. The average Bonchev–Trinajstić information content (AvgIpc) is 2.80. The van der Waals surface area contributed by atoms with Crippen LogP contribution in [0.3, 0.4) is 0 Å². The fraction of sp³-hybridized carbons (Fsp3) is 0.500. The molecule has 0 aliphatic rings. The van der Waals surface area contributed by atoms with Crippen LogP contribution < -0.4 is 5.32 Å². The molecule has 6 heteroatoms. The van der Waals surface area contributed by atoms with Gasteiger partial charge in [-0.2, -0.15) is 0 Å². The van der Waals surface area contributed by atoms with Gasteiger partial charge in [0.05, 0.1) is 18.9 Å². The van der Waals surface area contributed by atoms with Crippen LogP contribution >= 0.6 is 11.6 Å². The first kappa shape index (κ1) is 14.6. The van der Waals surface area contributed by atoms with Gasteiger partial charge < -0.3 is 14.5 Å². The van der Waals surface area contributed by atoms with E-state index in [4.69, 9.17) is 16.0 Å². The number of rotatable bonds is 5. The summed E-state index contributed by atoms with van der Waals surface area (Å²) in [5, 5.41) is 2.60. The maximum Gasteiger partial charge on any atom is 0.328 e. The Kier molecular flexibility index (Phi) is 5.22. The molecule has 1 aromatic rings. The molecule has 1 N–H and O–H groups in total. The van der Waals surface area contributed by atoms with E-state index in [1.54, 1.807) is 0 Å². The van der Waals surface area contributed by atoms with E-state index >= 15 is 0 Å². The van der Waals surface area contributed by atoms with E-state index in [0.717, 1.165) is 6.42 Å². The summed E-state index contributed by atoms with van der Waals surface area (Å²) in [4.78, 5) is 23.5. The van der Waals surface area contributed by atoms with Crippen molar-refractivity contribution in [2.24, 2.45) is 5.92 Å².